The average molecular weight is 244 g/mol. The molecule has 0 bridgehead atoms. The van der Waals surface area contributed by atoms with Crippen LogP contribution in [0.15, 0.2) is 23.9 Å². The number of alkyl halides is 4. The molecule has 0 aromatic heterocycles. The highest BCUT2D eigenvalue weighted by molar-refractivity contribution is 9.09. The minimum atomic E-state index is -4.33. The van der Waals surface area contributed by atoms with Crippen molar-refractivity contribution in [2.75, 3.05) is 5.45 Å². The number of hydrogen-bond donors (Lipinski definition) is 1. The lowest BCUT2D eigenvalue weighted by molar-refractivity contribution is -0.0892. The van der Waals surface area contributed by atoms with Crippen molar-refractivity contribution >= 4 is 15.9 Å². The van der Waals surface area contributed by atoms with E-state index in [0.717, 1.165) is 6.08 Å². The van der Waals surface area contributed by atoms with E-state index in [4.69, 9.17) is 0 Å². The van der Waals surface area contributed by atoms with E-state index in [1.807, 2.05) is 0 Å². The lowest BCUT2D eigenvalue weighted by Crippen LogP contribution is -2.18. The molecule has 0 amide bonds. The van der Waals surface area contributed by atoms with Crippen LogP contribution < -0.4 is 5.32 Å². The summed E-state index contributed by atoms with van der Waals surface area (Å²) >= 11 is 2.97. The maximum Gasteiger partial charge on any atom is 0.418 e. The number of allylic oxidation sites excluding steroid dienone is 3. The molecule has 0 aromatic carbocycles. The predicted molar refractivity (Wildman–Crippen MR) is 45.9 cm³/mol. The van der Waals surface area contributed by atoms with Crippen molar-refractivity contribution in [2.45, 2.75) is 13.1 Å². The van der Waals surface area contributed by atoms with Crippen molar-refractivity contribution in [3.05, 3.63) is 23.9 Å². The maximum atomic E-state index is 12.1. The molecule has 70 valence electrons. The topological polar surface area (TPSA) is 12.0 Å². The molecule has 0 aromatic rings. The molecule has 0 spiro atoms. The zero-order valence-corrected chi connectivity index (χ0v) is 8.09. The summed E-state index contributed by atoms with van der Waals surface area (Å²) in [6.07, 6.45) is -3.54. The van der Waals surface area contributed by atoms with Gasteiger partial charge in [0.2, 0.25) is 0 Å². The first kappa shape index (κ1) is 11.6. The van der Waals surface area contributed by atoms with Crippen molar-refractivity contribution in [2.24, 2.45) is 0 Å². The average Bonchev–Trinajstić information content (AvgIpc) is 1.85. The van der Waals surface area contributed by atoms with E-state index in [1.54, 1.807) is 0 Å². The molecule has 0 aliphatic carbocycles. The molecule has 0 aliphatic rings. The molecule has 0 atom stereocenters. The molecule has 1 N–H and O–H groups in total. The van der Waals surface area contributed by atoms with Crippen LogP contribution in [0.5, 0.6) is 0 Å². The van der Waals surface area contributed by atoms with Crippen molar-refractivity contribution < 1.29 is 13.2 Å². The van der Waals surface area contributed by atoms with E-state index in [-0.39, 0.29) is 11.2 Å². The SMILES string of the molecule is C=C/C(=C(\C)NCBr)C(F)(F)F. The van der Waals surface area contributed by atoms with Gasteiger partial charge in [-0.1, -0.05) is 28.6 Å². The van der Waals surface area contributed by atoms with E-state index >= 15 is 0 Å². The Morgan fingerprint density at radius 3 is 2.33 bits per heavy atom. The smallest absolute Gasteiger partial charge is 0.378 e. The van der Waals surface area contributed by atoms with E-state index in [2.05, 4.69) is 27.8 Å². The second-order valence-electron chi connectivity index (χ2n) is 2.05. The summed E-state index contributed by atoms with van der Waals surface area (Å²) in [6.45, 7) is 4.45. The van der Waals surface area contributed by atoms with Crippen LogP contribution in [0, 0.1) is 0 Å². The van der Waals surface area contributed by atoms with Crippen LogP contribution in [0.25, 0.3) is 0 Å². The standard InChI is InChI=1S/C7H9BrF3N/c1-3-6(7(9,10)11)5(2)12-4-8/h3,12H,1,4H2,2H3/b6-5-. The van der Waals surface area contributed by atoms with Gasteiger partial charge in [0.15, 0.2) is 0 Å². The molecule has 1 nitrogen and oxygen atoms in total. The van der Waals surface area contributed by atoms with Crippen LogP contribution in [0.3, 0.4) is 0 Å². The van der Waals surface area contributed by atoms with Gasteiger partial charge in [0, 0.05) is 5.70 Å². The fraction of sp³-hybridized carbons (Fsp3) is 0.429. The van der Waals surface area contributed by atoms with Crippen LogP contribution in [-0.4, -0.2) is 11.6 Å². The molecule has 0 radical (unpaired) electrons. The first-order valence-corrected chi connectivity index (χ1v) is 4.26. The zero-order chi connectivity index (χ0) is 9.78. The van der Waals surface area contributed by atoms with Gasteiger partial charge in [-0.2, -0.15) is 13.2 Å². The molecule has 12 heavy (non-hydrogen) atoms. The molecule has 0 unspecified atom stereocenters. The second kappa shape index (κ2) is 4.54. The minimum absolute atomic E-state index is 0.0642. The van der Waals surface area contributed by atoms with Gasteiger partial charge in [0.1, 0.15) is 0 Å². The summed E-state index contributed by atoms with van der Waals surface area (Å²) in [4.78, 5) is 0. The van der Waals surface area contributed by atoms with Gasteiger partial charge in [-0.05, 0) is 6.92 Å². The summed E-state index contributed by atoms with van der Waals surface area (Å²) < 4.78 is 36.3. The number of nitrogens with one attached hydrogen (secondary N) is 1. The summed E-state index contributed by atoms with van der Waals surface area (Å²) in [5.74, 6) is 0. The van der Waals surface area contributed by atoms with Crippen LogP contribution in [-0.2, 0) is 0 Å². The molecular weight excluding hydrogens is 235 g/mol. The first-order chi connectivity index (χ1) is 5.43. The van der Waals surface area contributed by atoms with Gasteiger partial charge in [0.25, 0.3) is 0 Å². The zero-order valence-electron chi connectivity index (χ0n) is 6.50. The fourth-order valence-electron chi connectivity index (χ4n) is 0.677. The van der Waals surface area contributed by atoms with Crippen molar-refractivity contribution in [3.8, 4) is 0 Å². The Labute approximate surface area is 77.5 Å². The Morgan fingerprint density at radius 2 is 2.08 bits per heavy atom. The van der Waals surface area contributed by atoms with Crippen LogP contribution >= 0.6 is 15.9 Å². The highest BCUT2D eigenvalue weighted by atomic mass is 79.9. The Balaban J connectivity index is 4.73. The molecule has 0 rings (SSSR count). The Kier molecular flexibility index (Phi) is 4.37. The lowest BCUT2D eigenvalue weighted by Gasteiger charge is -2.11. The number of hydrogen-bond acceptors (Lipinski definition) is 1. The monoisotopic (exact) mass is 243 g/mol. The van der Waals surface area contributed by atoms with E-state index in [0.29, 0.717) is 0 Å². The van der Waals surface area contributed by atoms with Crippen LogP contribution in [0.1, 0.15) is 6.92 Å². The largest absolute Gasteiger partial charge is 0.418 e. The van der Waals surface area contributed by atoms with Gasteiger partial charge in [0.05, 0.1) is 11.0 Å². The highest BCUT2D eigenvalue weighted by Crippen LogP contribution is 2.27. The van der Waals surface area contributed by atoms with Crippen LogP contribution in [0.4, 0.5) is 13.2 Å². The van der Waals surface area contributed by atoms with Crippen molar-refractivity contribution in [3.63, 3.8) is 0 Å². The Morgan fingerprint density at radius 1 is 1.58 bits per heavy atom. The number of rotatable bonds is 3. The van der Waals surface area contributed by atoms with Crippen molar-refractivity contribution in [1.82, 2.24) is 5.32 Å². The van der Waals surface area contributed by atoms with E-state index < -0.39 is 11.7 Å². The maximum absolute atomic E-state index is 12.1. The first-order valence-electron chi connectivity index (χ1n) is 3.13. The third kappa shape index (κ3) is 3.30. The molecule has 0 fully saturated rings. The third-order valence-corrected chi connectivity index (χ3v) is 1.53. The fourth-order valence-corrected chi connectivity index (χ4v) is 1.10. The second-order valence-corrected chi connectivity index (χ2v) is 2.61. The normalized spacial score (nSPS) is 13.8. The lowest BCUT2D eigenvalue weighted by atomic mass is 10.2. The summed E-state index contributed by atoms with van der Waals surface area (Å²) in [5, 5.41) is 2.51. The molecule has 5 heteroatoms. The van der Waals surface area contributed by atoms with Gasteiger partial charge in [-0.15, -0.1) is 0 Å². The Bertz CT molecular complexity index is 195. The molecule has 0 saturated carbocycles. The highest BCUT2D eigenvalue weighted by Gasteiger charge is 2.33. The third-order valence-electron chi connectivity index (χ3n) is 1.25. The van der Waals surface area contributed by atoms with E-state index in [1.165, 1.54) is 6.92 Å². The Hall–Kier alpha value is -0.450. The molecular formula is C7H9BrF3N. The quantitative estimate of drug-likeness (QED) is 0.457. The molecule has 0 aliphatic heterocycles. The number of halogens is 4. The van der Waals surface area contributed by atoms with Gasteiger partial charge in [-0.3, -0.25) is 0 Å². The van der Waals surface area contributed by atoms with Gasteiger partial charge >= 0.3 is 6.18 Å². The van der Waals surface area contributed by atoms with Crippen molar-refractivity contribution in [1.29, 1.82) is 0 Å². The minimum Gasteiger partial charge on any atom is -0.378 e. The molecule has 0 saturated heterocycles. The predicted octanol–water partition coefficient (Wildman–Crippen LogP) is 2.95. The summed E-state index contributed by atoms with van der Waals surface area (Å²) in [6, 6.07) is 0. The van der Waals surface area contributed by atoms with Gasteiger partial charge in [-0.25, -0.2) is 0 Å². The van der Waals surface area contributed by atoms with Crippen LogP contribution in [0.2, 0.25) is 0 Å². The molecule has 0 heterocycles. The summed E-state index contributed by atoms with van der Waals surface area (Å²) in [5.41, 5.74) is -0.386. The van der Waals surface area contributed by atoms with E-state index in [9.17, 15) is 13.2 Å². The summed E-state index contributed by atoms with van der Waals surface area (Å²) in [7, 11) is 0. The van der Waals surface area contributed by atoms with Gasteiger partial charge < -0.3 is 5.32 Å².